The van der Waals surface area contributed by atoms with Gasteiger partial charge in [0, 0.05) is 29.7 Å². The third-order valence-corrected chi connectivity index (χ3v) is 8.92. The summed E-state index contributed by atoms with van der Waals surface area (Å²) in [6.45, 7) is 2.63. The van der Waals surface area contributed by atoms with Crippen LogP contribution in [0, 0.1) is 12.8 Å². The first-order chi connectivity index (χ1) is 13.9. The standard InChI is InChI=1S/C20H21N3O3S3/c1-14-21-18(13-28-14)15-6-8-17(9-7-15)22-20(24)16-4-2-10-23(12-16)29(25,26)19-5-3-11-27-19/h3,5-9,11,13,16H,2,4,10,12H2,1H3,(H,22,24). The molecule has 0 radical (unpaired) electrons. The number of thiophene rings is 1. The summed E-state index contributed by atoms with van der Waals surface area (Å²) in [5.74, 6) is -0.507. The van der Waals surface area contributed by atoms with Crippen molar-refractivity contribution in [3.8, 4) is 11.3 Å². The molecule has 3 aromatic rings. The maximum absolute atomic E-state index is 12.7. The molecule has 0 bridgehead atoms. The van der Waals surface area contributed by atoms with E-state index >= 15 is 0 Å². The number of anilines is 1. The fourth-order valence-electron chi connectivity index (χ4n) is 3.38. The van der Waals surface area contributed by atoms with Crippen molar-refractivity contribution in [2.45, 2.75) is 24.0 Å². The molecule has 152 valence electrons. The number of carbonyl (C=O) groups excluding carboxylic acids is 1. The molecular weight excluding hydrogens is 426 g/mol. The fourth-order valence-corrected chi connectivity index (χ4v) is 6.67. The quantitative estimate of drug-likeness (QED) is 0.635. The van der Waals surface area contributed by atoms with E-state index in [4.69, 9.17) is 0 Å². The fraction of sp³-hybridized carbons (Fsp3) is 0.300. The lowest BCUT2D eigenvalue weighted by Gasteiger charge is -2.30. The number of hydrogen-bond acceptors (Lipinski definition) is 6. The molecule has 2 aromatic heterocycles. The van der Waals surface area contributed by atoms with Gasteiger partial charge in [0.1, 0.15) is 4.21 Å². The topological polar surface area (TPSA) is 79.4 Å². The van der Waals surface area contributed by atoms with E-state index in [-0.39, 0.29) is 18.4 Å². The van der Waals surface area contributed by atoms with Gasteiger partial charge in [-0.15, -0.1) is 22.7 Å². The van der Waals surface area contributed by atoms with Crippen molar-refractivity contribution in [3.05, 3.63) is 52.2 Å². The lowest BCUT2D eigenvalue weighted by atomic mass is 9.98. The number of benzene rings is 1. The van der Waals surface area contributed by atoms with Gasteiger partial charge in [0.25, 0.3) is 10.0 Å². The molecule has 29 heavy (non-hydrogen) atoms. The average molecular weight is 448 g/mol. The highest BCUT2D eigenvalue weighted by molar-refractivity contribution is 7.91. The SMILES string of the molecule is Cc1nc(-c2ccc(NC(=O)C3CCCN(S(=O)(=O)c4cccs4)C3)cc2)cs1. The summed E-state index contributed by atoms with van der Waals surface area (Å²) in [5.41, 5.74) is 2.62. The molecule has 1 amide bonds. The molecule has 1 saturated heterocycles. The van der Waals surface area contributed by atoms with Crippen LogP contribution in [0.3, 0.4) is 0 Å². The summed E-state index contributed by atoms with van der Waals surface area (Å²) < 4.78 is 27.3. The molecule has 1 unspecified atom stereocenters. The van der Waals surface area contributed by atoms with Crippen LogP contribution in [-0.4, -0.2) is 36.7 Å². The predicted octanol–water partition coefficient (Wildman–Crippen LogP) is 4.22. The molecular formula is C20H21N3O3S3. The van der Waals surface area contributed by atoms with Gasteiger partial charge in [0.05, 0.1) is 16.6 Å². The zero-order chi connectivity index (χ0) is 20.4. The van der Waals surface area contributed by atoms with E-state index < -0.39 is 10.0 Å². The van der Waals surface area contributed by atoms with Crippen molar-refractivity contribution >= 4 is 44.3 Å². The van der Waals surface area contributed by atoms with Gasteiger partial charge in [0.15, 0.2) is 0 Å². The first kappa shape index (κ1) is 20.2. The predicted molar refractivity (Wildman–Crippen MR) is 117 cm³/mol. The molecule has 9 heteroatoms. The highest BCUT2D eigenvalue weighted by Crippen LogP contribution is 2.28. The van der Waals surface area contributed by atoms with Crippen molar-refractivity contribution in [3.63, 3.8) is 0 Å². The van der Waals surface area contributed by atoms with Gasteiger partial charge in [-0.05, 0) is 43.3 Å². The summed E-state index contributed by atoms with van der Waals surface area (Å²) in [5, 5.41) is 7.69. The van der Waals surface area contributed by atoms with Crippen LogP contribution in [0.4, 0.5) is 5.69 Å². The second kappa shape index (κ2) is 8.35. The molecule has 1 aliphatic rings. The Morgan fingerprint density at radius 1 is 1.21 bits per heavy atom. The van der Waals surface area contributed by atoms with Crippen molar-refractivity contribution in [2.24, 2.45) is 5.92 Å². The molecule has 3 heterocycles. The van der Waals surface area contributed by atoms with E-state index in [1.807, 2.05) is 36.6 Å². The van der Waals surface area contributed by atoms with Crippen LogP contribution < -0.4 is 5.32 Å². The number of sulfonamides is 1. The van der Waals surface area contributed by atoms with Crippen molar-refractivity contribution < 1.29 is 13.2 Å². The molecule has 1 aromatic carbocycles. The molecule has 0 saturated carbocycles. The Hall–Kier alpha value is -2.07. The van der Waals surface area contributed by atoms with Gasteiger partial charge in [-0.1, -0.05) is 18.2 Å². The summed E-state index contributed by atoms with van der Waals surface area (Å²) in [7, 11) is -3.53. The molecule has 0 spiro atoms. The monoisotopic (exact) mass is 447 g/mol. The van der Waals surface area contributed by atoms with E-state index in [2.05, 4.69) is 10.3 Å². The molecule has 1 atom stereocenters. The largest absolute Gasteiger partial charge is 0.326 e. The summed E-state index contributed by atoms with van der Waals surface area (Å²) >= 11 is 2.80. The zero-order valence-corrected chi connectivity index (χ0v) is 18.3. The smallest absolute Gasteiger partial charge is 0.252 e. The van der Waals surface area contributed by atoms with Crippen molar-refractivity contribution in [1.82, 2.24) is 9.29 Å². The minimum Gasteiger partial charge on any atom is -0.326 e. The Morgan fingerprint density at radius 3 is 2.66 bits per heavy atom. The summed E-state index contributed by atoms with van der Waals surface area (Å²) in [4.78, 5) is 17.2. The van der Waals surface area contributed by atoms with Crippen molar-refractivity contribution in [2.75, 3.05) is 18.4 Å². The van der Waals surface area contributed by atoms with Crippen LogP contribution in [0.25, 0.3) is 11.3 Å². The van der Waals surface area contributed by atoms with Crippen LogP contribution >= 0.6 is 22.7 Å². The second-order valence-corrected chi connectivity index (χ2v) is 11.1. The lowest BCUT2D eigenvalue weighted by molar-refractivity contribution is -0.120. The van der Waals surface area contributed by atoms with Gasteiger partial charge in [-0.25, -0.2) is 13.4 Å². The Balaban J connectivity index is 1.42. The third kappa shape index (κ3) is 4.42. The number of nitrogens with one attached hydrogen (secondary N) is 1. The van der Waals surface area contributed by atoms with Crippen LogP contribution in [0.15, 0.2) is 51.4 Å². The third-order valence-electron chi connectivity index (χ3n) is 4.91. The second-order valence-electron chi connectivity index (χ2n) is 6.95. The number of carbonyl (C=O) groups is 1. The van der Waals surface area contributed by atoms with Gasteiger partial charge < -0.3 is 5.32 Å². The minimum absolute atomic E-state index is 0.145. The van der Waals surface area contributed by atoms with E-state index in [1.165, 1.54) is 15.6 Å². The number of piperidine rings is 1. The Kier molecular flexibility index (Phi) is 5.82. The normalized spacial score (nSPS) is 17.9. The van der Waals surface area contributed by atoms with Crippen LogP contribution in [-0.2, 0) is 14.8 Å². The van der Waals surface area contributed by atoms with Gasteiger partial charge >= 0.3 is 0 Å². The number of hydrogen-bond donors (Lipinski definition) is 1. The van der Waals surface area contributed by atoms with Gasteiger partial charge in [0.2, 0.25) is 5.91 Å². The molecule has 1 N–H and O–H groups in total. The first-order valence-electron chi connectivity index (χ1n) is 9.30. The van der Waals surface area contributed by atoms with Crippen LogP contribution in [0.1, 0.15) is 17.8 Å². The molecule has 6 nitrogen and oxygen atoms in total. The number of amides is 1. The van der Waals surface area contributed by atoms with Crippen molar-refractivity contribution in [1.29, 1.82) is 0 Å². The Labute approximate surface area is 178 Å². The number of nitrogens with zero attached hydrogens (tertiary/aromatic N) is 2. The molecule has 0 aliphatic carbocycles. The van der Waals surface area contributed by atoms with E-state index in [1.54, 1.807) is 28.8 Å². The first-order valence-corrected chi connectivity index (χ1v) is 12.5. The Bertz CT molecular complexity index is 1090. The zero-order valence-electron chi connectivity index (χ0n) is 15.9. The molecule has 1 aliphatic heterocycles. The van der Waals surface area contributed by atoms with Gasteiger partial charge in [-0.2, -0.15) is 4.31 Å². The average Bonchev–Trinajstić information content (AvgIpc) is 3.41. The highest BCUT2D eigenvalue weighted by atomic mass is 32.2. The van der Waals surface area contributed by atoms with E-state index in [0.29, 0.717) is 29.3 Å². The molecule has 1 fully saturated rings. The highest BCUT2D eigenvalue weighted by Gasteiger charge is 2.33. The van der Waals surface area contributed by atoms with Crippen LogP contribution in [0.5, 0.6) is 0 Å². The number of aryl methyl sites for hydroxylation is 1. The van der Waals surface area contributed by atoms with E-state index in [9.17, 15) is 13.2 Å². The van der Waals surface area contributed by atoms with Gasteiger partial charge in [-0.3, -0.25) is 4.79 Å². The maximum Gasteiger partial charge on any atom is 0.252 e. The summed E-state index contributed by atoms with van der Waals surface area (Å²) in [6.07, 6.45) is 1.35. The van der Waals surface area contributed by atoms with E-state index in [0.717, 1.165) is 16.3 Å². The molecule has 4 rings (SSSR count). The Morgan fingerprint density at radius 2 is 2.00 bits per heavy atom. The van der Waals surface area contributed by atoms with Crippen LogP contribution in [0.2, 0.25) is 0 Å². The number of aromatic nitrogens is 1. The number of rotatable bonds is 5. The maximum atomic E-state index is 12.7. The summed E-state index contributed by atoms with van der Waals surface area (Å²) in [6, 6.07) is 10.9. The number of thiazole rings is 1. The minimum atomic E-state index is -3.53. The lowest BCUT2D eigenvalue weighted by Crippen LogP contribution is -2.43.